The molecule has 0 aromatic rings. The number of hydrogen-bond donors (Lipinski definition) is 2. The molecule has 9 heteroatoms. The lowest BCUT2D eigenvalue weighted by molar-refractivity contribution is -0.235. The van der Waals surface area contributed by atoms with Crippen LogP contribution >= 0.6 is 0 Å². The van der Waals surface area contributed by atoms with E-state index in [4.69, 9.17) is 0 Å². The summed E-state index contributed by atoms with van der Waals surface area (Å²) in [5.41, 5.74) is -2.60. The van der Waals surface area contributed by atoms with E-state index in [0.717, 1.165) is 19.3 Å². The smallest absolute Gasteiger partial charge is 0.237 e. The molecule has 6 rings (SSSR count). The Morgan fingerprint density at radius 3 is 1.76 bits per heavy atom. The van der Waals surface area contributed by atoms with Gasteiger partial charge in [-0.2, -0.15) is 10.5 Å². The van der Waals surface area contributed by atoms with Crippen LogP contribution in [0.5, 0.6) is 0 Å². The van der Waals surface area contributed by atoms with E-state index < -0.39 is 28.8 Å². The van der Waals surface area contributed by atoms with Gasteiger partial charge in [-0.15, -0.1) is 0 Å². The van der Waals surface area contributed by atoms with Crippen molar-refractivity contribution in [2.45, 2.75) is 93.0 Å². The van der Waals surface area contributed by atoms with Gasteiger partial charge in [-0.1, -0.05) is 0 Å². The Balaban J connectivity index is 1.43. The maximum atomic E-state index is 13.3. The van der Waals surface area contributed by atoms with E-state index in [1.54, 1.807) is 9.80 Å². The van der Waals surface area contributed by atoms with Gasteiger partial charge in [0.25, 0.3) is 0 Å². The van der Waals surface area contributed by atoms with E-state index in [9.17, 15) is 30.3 Å². The first kappa shape index (κ1) is 22.6. The second kappa shape index (κ2) is 7.94. The van der Waals surface area contributed by atoms with E-state index in [2.05, 4.69) is 12.1 Å². The predicted molar refractivity (Wildman–Crippen MR) is 116 cm³/mol. The lowest BCUT2D eigenvalue weighted by atomic mass is 9.49. The van der Waals surface area contributed by atoms with Gasteiger partial charge in [-0.3, -0.25) is 14.5 Å². The van der Waals surface area contributed by atoms with Crippen LogP contribution in [-0.4, -0.2) is 91.7 Å². The van der Waals surface area contributed by atoms with Crippen molar-refractivity contribution in [1.29, 1.82) is 10.5 Å². The Bertz CT molecular complexity index is 861. The molecule has 4 bridgehead atoms. The number of nitrogens with zero attached hydrogens (tertiary/aromatic N) is 5. The molecule has 6 fully saturated rings. The summed E-state index contributed by atoms with van der Waals surface area (Å²) in [6.45, 7) is 1.03. The fraction of sp³-hybridized carbons (Fsp3) is 0.833. The van der Waals surface area contributed by atoms with Crippen molar-refractivity contribution in [3.8, 4) is 12.1 Å². The van der Waals surface area contributed by atoms with E-state index in [1.165, 1.54) is 0 Å². The topological polar surface area (TPSA) is 132 Å². The number of carbonyl (C=O) groups is 2. The average Bonchev–Trinajstić information content (AvgIpc) is 3.39. The van der Waals surface area contributed by atoms with Gasteiger partial charge < -0.3 is 20.0 Å². The normalized spacial score (nSPS) is 41.4. The van der Waals surface area contributed by atoms with E-state index in [0.29, 0.717) is 58.0 Å². The molecule has 0 aromatic heterocycles. The predicted octanol–water partition coefficient (Wildman–Crippen LogP) is 0.516. The summed E-state index contributed by atoms with van der Waals surface area (Å²) >= 11 is 0. The molecule has 33 heavy (non-hydrogen) atoms. The molecular formula is C24H33N5O4. The molecule has 2 aliphatic heterocycles. The molecule has 6 aliphatic rings. The van der Waals surface area contributed by atoms with Gasteiger partial charge in [0.1, 0.15) is 12.1 Å². The van der Waals surface area contributed by atoms with Gasteiger partial charge in [0.15, 0.2) is 0 Å². The largest absolute Gasteiger partial charge is 0.390 e. The van der Waals surface area contributed by atoms with Crippen molar-refractivity contribution >= 4 is 11.8 Å². The van der Waals surface area contributed by atoms with Crippen LogP contribution in [0, 0.1) is 28.6 Å². The first-order valence-corrected chi connectivity index (χ1v) is 12.3. The standard InChI is InChI=1S/C24H33N5O4/c25-10-18-3-1-5-28(18)20(30)12-27(13-21(31)29-6-2-4-19(29)11-26)22-7-17-8-23(32,14-22)16-24(33,9-17)15-22/h17-19,32-33H,1-9,12-16H2/t17?,18-,19-,22?,23-,24+/m0/s1. The Kier molecular flexibility index (Phi) is 5.43. The second-order valence-corrected chi connectivity index (χ2v) is 11.3. The molecule has 2 unspecified atom stereocenters. The molecule has 0 radical (unpaired) electrons. The van der Waals surface area contributed by atoms with E-state index in [-0.39, 0.29) is 30.8 Å². The number of hydrogen-bond acceptors (Lipinski definition) is 7. The third kappa shape index (κ3) is 3.90. The third-order valence-electron chi connectivity index (χ3n) is 8.75. The molecule has 2 saturated heterocycles. The first-order valence-electron chi connectivity index (χ1n) is 12.3. The summed E-state index contributed by atoms with van der Waals surface area (Å²) < 4.78 is 0. The lowest BCUT2D eigenvalue weighted by Gasteiger charge is -2.65. The zero-order valence-corrected chi connectivity index (χ0v) is 19.1. The highest BCUT2D eigenvalue weighted by Crippen LogP contribution is 2.61. The van der Waals surface area contributed by atoms with E-state index >= 15 is 0 Å². The van der Waals surface area contributed by atoms with Crippen LogP contribution in [-0.2, 0) is 9.59 Å². The minimum atomic E-state index is -0.982. The fourth-order valence-corrected chi connectivity index (χ4v) is 7.94. The van der Waals surface area contributed by atoms with Crippen LogP contribution in [0.1, 0.15) is 64.2 Å². The number of amides is 2. The SMILES string of the molecule is N#C[C@@H]1CCCN1C(=O)CN(CC(=O)N1CCC[C@H]1C#N)C12CC3C[C@@](O)(C1)C[C@](O)(C3)C2. The van der Waals surface area contributed by atoms with Crippen LogP contribution in [0.3, 0.4) is 0 Å². The lowest BCUT2D eigenvalue weighted by Crippen LogP contribution is -2.72. The maximum Gasteiger partial charge on any atom is 0.237 e. The summed E-state index contributed by atoms with van der Waals surface area (Å²) in [6.07, 6.45) is 6.14. The summed E-state index contributed by atoms with van der Waals surface area (Å²) in [5, 5.41) is 41.4. The number of rotatable bonds is 5. The Morgan fingerprint density at radius 1 is 0.848 bits per heavy atom. The monoisotopic (exact) mass is 455 g/mol. The van der Waals surface area contributed by atoms with Crippen molar-refractivity contribution < 1.29 is 19.8 Å². The Hall–Kier alpha value is -2.20. The second-order valence-electron chi connectivity index (χ2n) is 11.3. The van der Waals surface area contributed by atoms with E-state index in [1.807, 2.05) is 4.90 Å². The van der Waals surface area contributed by atoms with Crippen molar-refractivity contribution in [2.24, 2.45) is 5.92 Å². The zero-order valence-electron chi connectivity index (χ0n) is 19.1. The molecule has 4 aliphatic carbocycles. The maximum absolute atomic E-state index is 13.3. The average molecular weight is 456 g/mol. The molecule has 9 nitrogen and oxygen atoms in total. The summed E-state index contributed by atoms with van der Waals surface area (Å²) in [5.74, 6) is -0.207. The highest BCUT2D eigenvalue weighted by Gasteiger charge is 2.64. The Labute approximate surface area is 194 Å². The summed E-state index contributed by atoms with van der Waals surface area (Å²) in [7, 11) is 0. The molecule has 0 spiro atoms. The van der Waals surface area contributed by atoms with Gasteiger partial charge in [0, 0.05) is 25.0 Å². The van der Waals surface area contributed by atoms with Crippen LogP contribution in [0.25, 0.3) is 0 Å². The number of aliphatic hydroxyl groups is 2. The molecule has 2 heterocycles. The van der Waals surface area contributed by atoms with Gasteiger partial charge in [-0.05, 0) is 63.7 Å². The number of nitriles is 2. The van der Waals surface area contributed by atoms with Crippen LogP contribution in [0.15, 0.2) is 0 Å². The van der Waals surface area contributed by atoms with Crippen LogP contribution in [0.4, 0.5) is 0 Å². The van der Waals surface area contributed by atoms with Crippen molar-refractivity contribution in [2.75, 3.05) is 26.2 Å². The molecule has 2 N–H and O–H groups in total. The van der Waals surface area contributed by atoms with Gasteiger partial charge >= 0.3 is 0 Å². The highest BCUT2D eigenvalue weighted by atomic mass is 16.3. The van der Waals surface area contributed by atoms with Crippen molar-refractivity contribution in [1.82, 2.24) is 14.7 Å². The fourth-order valence-electron chi connectivity index (χ4n) is 7.94. The number of likely N-dealkylation sites (tertiary alicyclic amines) is 2. The van der Waals surface area contributed by atoms with Gasteiger partial charge in [0.2, 0.25) is 11.8 Å². The minimum Gasteiger partial charge on any atom is -0.390 e. The summed E-state index contributed by atoms with van der Waals surface area (Å²) in [6, 6.07) is 3.53. The van der Waals surface area contributed by atoms with Crippen molar-refractivity contribution in [3.05, 3.63) is 0 Å². The quantitative estimate of drug-likeness (QED) is 0.617. The molecule has 4 saturated carbocycles. The molecule has 178 valence electrons. The Morgan fingerprint density at radius 2 is 1.33 bits per heavy atom. The van der Waals surface area contributed by atoms with Gasteiger partial charge in [-0.25, -0.2) is 0 Å². The van der Waals surface area contributed by atoms with Crippen molar-refractivity contribution in [3.63, 3.8) is 0 Å². The summed E-state index contributed by atoms with van der Waals surface area (Å²) in [4.78, 5) is 31.8. The van der Waals surface area contributed by atoms with Gasteiger partial charge in [0.05, 0.1) is 36.4 Å². The van der Waals surface area contributed by atoms with Crippen LogP contribution in [0.2, 0.25) is 0 Å². The number of carbonyl (C=O) groups excluding carboxylic acids is 2. The molecule has 0 aromatic carbocycles. The molecular weight excluding hydrogens is 422 g/mol. The molecule has 6 atom stereocenters. The first-order chi connectivity index (χ1) is 15.7. The minimum absolute atomic E-state index is 0.0200. The third-order valence-corrected chi connectivity index (χ3v) is 8.75. The van der Waals surface area contributed by atoms with Crippen LogP contribution < -0.4 is 0 Å². The zero-order chi connectivity index (χ0) is 23.4. The highest BCUT2D eigenvalue weighted by molar-refractivity contribution is 5.82. The molecule has 2 amide bonds.